The Balaban J connectivity index is 1.27. The van der Waals surface area contributed by atoms with Gasteiger partial charge in [-0.15, -0.1) is 11.3 Å². The number of thiazole rings is 1. The molecule has 6 nitrogen and oxygen atoms in total. The Morgan fingerprint density at radius 3 is 2.65 bits per heavy atom. The highest BCUT2D eigenvalue weighted by Crippen LogP contribution is 2.25. The minimum atomic E-state index is -0.106. The first-order chi connectivity index (χ1) is 15.0. The summed E-state index contributed by atoms with van der Waals surface area (Å²) in [7, 11) is 0. The van der Waals surface area contributed by atoms with Crippen molar-refractivity contribution in [3.05, 3.63) is 59.1 Å². The average Bonchev–Trinajstić information content (AvgIpc) is 3.19. The molecule has 0 spiro atoms. The van der Waals surface area contributed by atoms with E-state index in [-0.39, 0.29) is 23.8 Å². The van der Waals surface area contributed by atoms with Crippen molar-refractivity contribution in [2.75, 3.05) is 18.4 Å². The van der Waals surface area contributed by atoms with Gasteiger partial charge < -0.3 is 10.6 Å². The molecule has 0 saturated carbocycles. The van der Waals surface area contributed by atoms with E-state index in [1.165, 1.54) is 29.0 Å². The van der Waals surface area contributed by atoms with E-state index < -0.39 is 0 Å². The smallest absolute Gasteiger partial charge is 0.223 e. The van der Waals surface area contributed by atoms with Gasteiger partial charge >= 0.3 is 0 Å². The van der Waals surface area contributed by atoms with Gasteiger partial charge in [-0.3, -0.25) is 14.5 Å². The molecular formula is C24H28N4O2S. The number of anilines is 1. The molecule has 2 N–H and O–H groups in total. The van der Waals surface area contributed by atoms with Gasteiger partial charge in [0.15, 0.2) is 5.13 Å². The van der Waals surface area contributed by atoms with E-state index in [9.17, 15) is 9.59 Å². The Morgan fingerprint density at radius 2 is 1.90 bits per heavy atom. The first kappa shape index (κ1) is 21.5. The second-order valence-corrected chi connectivity index (χ2v) is 9.32. The highest BCUT2D eigenvalue weighted by molar-refractivity contribution is 7.15. The van der Waals surface area contributed by atoms with Crippen LogP contribution in [0.4, 0.5) is 5.13 Å². The van der Waals surface area contributed by atoms with Crippen LogP contribution in [0.3, 0.4) is 0 Å². The van der Waals surface area contributed by atoms with E-state index in [4.69, 9.17) is 0 Å². The van der Waals surface area contributed by atoms with E-state index in [0.29, 0.717) is 5.13 Å². The minimum absolute atomic E-state index is 0.0143. The molecule has 0 bridgehead atoms. The van der Waals surface area contributed by atoms with E-state index in [0.717, 1.165) is 42.9 Å². The van der Waals surface area contributed by atoms with E-state index in [1.807, 2.05) is 25.3 Å². The fourth-order valence-electron chi connectivity index (χ4n) is 4.05. The number of rotatable bonds is 6. The number of fused-ring (bicyclic) bond motifs is 1. The molecule has 1 atom stereocenters. The third kappa shape index (κ3) is 5.48. The zero-order valence-corrected chi connectivity index (χ0v) is 18.7. The number of nitrogens with zero attached hydrogens (tertiary/aromatic N) is 2. The molecule has 3 aromatic rings. The van der Waals surface area contributed by atoms with Crippen LogP contribution in [0, 0.1) is 5.92 Å². The first-order valence-electron chi connectivity index (χ1n) is 10.7. The van der Waals surface area contributed by atoms with Crippen molar-refractivity contribution in [2.45, 2.75) is 39.3 Å². The normalized spacial score (nSPS) is 16.2. The van der Waals surface area contributed by atoms with Crippen molar-refractivity contribution in [3.63, 3.8) is 0 Å². The fourth-order valence-corrected chi connectivity index (χ4v) is 4.96. The number of piperidine rings is 1. The standard InChI is InChI=1S/C24H28N4O2S/c1-16(20-8-7-18-5-3-4-6-21(18)13-20)26-23(30)19-9-11-28(12-10-19)15-22-14-25-24(31-22)27-17(2)29/h3-8,13-14,16,19H,9-12,15H2,1-2H3,(H,26,30)(H,25,27,29). The predicted molar refractivity (Wildman–Crippen MR) is 125 cm³/mol. The van der Waals surface area contributed by atoms with Gasteiger partial charge in [0.25, 0.3) is 0 Å². The van der Waals surface area contributed by atoms with Crippen molar-refractivity contribution in [2.24, 2.45) is 5.92 Å². The molecule has 1 saturated heterocycles. The predicted octanol–water partition coefficient (Wildman–Crippen LogP) is 4.34. The lowest BCUT2D eigenvalue weighted by Crippen LogP contribution is -2.40. The van der Waals surface area contributed by atoms with Gasteiger partial charge in [0.05, 0.1) is 6.04 Å². The molecule has 1 aliphatic heterocycles. The van der Waals surface area contributed by atoms with Gasteiger partial charge in [0.1, 0.15) is 0 Å². The molecule has 2 aromatic carbocycles. The first-order valence-corrected chi connectivity index (χ1v) is 11.5. The number of carbonyl (C=O) groups is 2. The SMILES string of the molecule is CC(=O)Nc1ncc(CN2CCC(C(=O)NC(C)c3ccc4ccccc4c3)CC2)s1. The molecule has 31 heavy (non-hydrogen) atoms. The number of hydrogen-bond donors (Lipinski definition) is 2. The number of amides is 2. The zero-order valence-electron chi connectivity index (χ0n) is 17.9. The van der Waals surface area contributed by atoms with Gasteiger partial charge in [0.2, 0.25) is 11.8 Å². The lowest BCUT2D eigenvalue weighted by atomic mass is 9.95. The van der Waals surface area contributed by atoms with E-state index in [2.05, 4.69) is 50.8 Å². The highest BCUT2D eigenvalue weighted by Gasteiger charge is 2.26. The topological polar surface area (TPSA) is 74.3 Å². The Morgan fingerprint density at radius 1 is 1.16 bits per heavy atom. The van der Waals surface area contributed by atoms with Crippen molar-refractivity contribution < 1.29 is 9.59 Å². The maximum atomic E-state index is 12.8. The molecule has 2 heterocycles. The second-order valence-electron chi connectivity index (χ2n) is 8.20. The van der Waals surface area contributed by atoms with Crippen LogP contribution in [0.15, 0.2) is 48.7 Å². The van der Waals surface area contributed by atoms with Gasteiger partial charge in [-0.05, 0) is 55.3 Å². The number of nitrogens with one attached hydrogen (secondary N) is 2. The molecule has 0 aliphatic carbocycles. The van der Waals surface area contributed by atoms with Crippen LogP contribution in [-0.2, 0) is 16.1 Å². The molecule has 2 amide bonds. The van der Waals surface area contributed by atoms with Crippen LogP contribution in [0.25, 0.3) is 10.8 Å². The van der Waals surface area contributed by atoms with Gasteiger partial charge in [-0.25, -0.2) is 4.98 Å². The lowest BCUT2D eigenvalue weighted by Gasteiger charge is -2.31. The zero-order chi connectivity index (χ0) is 21.8. The van der Waals surface area contributed by atoms with Crippen LogP contribution in [0.2, 0.25) is 0 Å². The number of carbonyl (C=O) groups excluding carboxylic acids is 2. The third-order valence-electron chi connectivity index (χ3n) is 5.81. The van der Waals surface area contributed by atoms with Gasteiger partial charge in [-0.2, -0.15) is 0 Å². The average molecular weight is 437 g/mol. The number of aromatic nitrogens is 1. The lowest BCUT2D eigenvalue weighted by molar-refractivity contribution is -0.127. The third-order valence-corrected chi connectivity index (χ3v) is 6.70. The Kier molecular flexibility index (Phi) is 6.63. The summed E-state index contributed by atoms with van der Waals surface area (Å²) in [6.07, 6.45) is 3.53. The largest absolute Gasteiger partial charge is 0.349 e. The van der Waals surface area contributed by atoms with Crippen molar-refractivity contribution >= 4 is 39.1 Å². The molecule has 0 radical (unpaired) electrons. The summed E-state index contributed by atoms with van der Waals surface area (Å²) in [6, 6.07) is 14.6. The van der Waals surface area contributed by atoms with Crippen molar-refractivity contribution in [1.29, 1.82) is 0 Å². The van der Waals surface area contributed by atoms with Crippen LogP contribution in [-0.4, -0.2) is 34.8 Å². The molecule has 1 aliphatic rings. The Bertz CT molecular complexity index is 1070. The quantitative estimate of drug-likeness (QED) is 0.603. The molecule has 1 unspecified atom stereocenters. The molecule has 1 aromatic heterocycles. The molecule has 7 heteroatoms. The highest BCUT2D eigenvalue weighted by atomic mass is 32.1. The maximum absolute atomic E-state index is 12.8. The monoisotopic (exact) mass is 436 g/mol. The number of likely N-dealkylation sites (tertiary alicyclic amines) is 1. The van der Waals surface area contributed by atoms with Crippen LogP contribution in [0.1, 0.15) is 43.2 Å². The summed E-state index contributed by atoms with van der Waals surface area (Å²) in [5.74, 6) is 0.0900. The summed E-state index contributed by atoms with van der Waals surface area (Å²) < 4.78 is 0. The van der Waals surface area contributed by atoms with Crippen LogP contribution in [0.5, 0.6) is 0 Å². The van der Waals surface area contributed by atoms with Crippen molar-refractivity contribution in [3.8, 4) is 0 Å². The van der Waals surface area contributed by atoms with Crippen LogP contribution < -0.4 is 10.6 Å². The molecule has 1 fully saturated rings. The summed E-state index contributed by atoms with van der Waals surface area (Å²) in [5, 5.41) is 8.98. The van der Waals surface area contributed by atoms with Crippen LogP contribution >= 0.6 is 11.3 Å². The maximum Gasteiger partial charge on any atom is 0.223 e. The van der Waals surface area contributed by atoms with E-state index in [1.54, 1.807) is 0 Å². The molecule has 162 valence electrons. The van der Waals surface area contributed by atoms with Gasteiger partial charge in [-0.1, -0.05) is 36.4 Å². The number of benzene rings is 2. The Hall–Kier alpha value is -2.77. The van der Waals surface area contributed by atoms with Gasteiger partial charge in [0, 0.05) is 30.5 Å². The summed E-state index contributed by atoms with van der Waals surface area (Å²) in [6.45, 7) is 6.11. The van der Waals surface area contributed by atoms with Crippen molar-refractivity contribution in [1.82, 2.24) is 15.2 Å². The van der Waals surface area contributed by atoms with E-state index >= 15 is 0 Å². The summed E-state index contributed by atoms with van der Waals surface area (Å²) >= 11 is 1.50. The fraction of sp³-hybridized carbons (Fsp3) is 0.375. The minimum Gasteiger partial charge on any atom is -0.349 e. The second kappa shape index (κ2) is 9.58. The Labute approximate surface area is 186 Å². The molecule has 4 rings (SSSR count). The summed E-state index contributed by atoms with van der Waals surface area (Å²) in [4.78, 5) is 31.7. The number of hydrogen-bond acceptors (Lipinski definition) is 5. The molecular weight excluding hydrogens is 408 g/mol. The summed E-state index contributed by atoms with van der Waals surface area (Å²) in [5.41, 5.74) is 1.13.